The molecule has 0 atom stereocenters. The van der Waals surface area contributed by atoms with Crippen LogP contribution < -0.4 is 10.6 Å². The fourth-order valence-corrected chi connectivity index (χ4v) is 3.04. The van der Waals surface area contributed by atoms with Crippen LogP contribution in [0.5, 0.6) is 0 Å². The number of rotatable bonds is 8. The average Bonchev–Trinajstić information content (AvgIpc) is 3.02. The zero-order valence-corrected chi connectivity index (χ0v) is 15.7. The number of hydrogen-bond donors (Lipinski definition) is 2. The second kappa shape index (κ2) is 9.12. The van der Waals surface area contributed by atoms with E-state index in [1.54, 1.807) is 16.5 Å². The molecule has 28 heavy (non-hydrogen) atoms. The van der Waals surface area contributed by atoms with E-state index in [1.165, 1.54) is 12.1 Å². The Morgan fingerprint density at radius 3 is 2.68 bits per heavy atom. The number of pyridine rings is 1. The average molecular weight is 382 g/mol. The minimum absolute atomic E-state index is 0.159. The van der Waals surface area contributed by atoms with Crippen molar-refractivity contribution in [2.45, 2.75) is 32.6 Å². The van der Waals surface area contributed by atoms with Gasteiger partial charge < -0.3 is 10.6 Å². The van der Waals surface area contributed by atoms with Gasteiger partial charge in [0.2, 0.25) is 5.91 Å². The van der Waals surface area contributed by atoms with Crippen molar-refractivity contribution in [3.8, 4) is 0 Å². The number of imidazole rings is 1. The number of carbonyl (C=O) groups is 2. The first-order valence-corrected chi connectivity index (χ1v) is 9.32. The monoisotopic (exact) mass is 382 g/mol. The number of nitrogens with zero attached hydrogens (tertiary/aromatic N) is 2. The van der Waals surface area contributed by atoms with Crippen LogP contribution in [-0.4, -0.2) is 27.7 Å². The van der Waals surface area contributed by atoms with Gasteiger partial charge in [0.1, 0.15) is 17.2 Å². The molecule has 6 nitrogen and oxygen atoms in total. The Balaban J connectivity index is 1.38. The lowest BCUT2D eigenvalue weighted by Gasteiger charge is -2.07. The Bertz CT molecular complexity index is 983. The van der Waals surface area contributed by atoms with Gasteiger partial charge in [0.25, 0.3) is 5.91 Å². The van der Waals surface area contributed by atoms with Crippen molar-refractivity contribution in [1.82, 2.24) is 14.7 Å². The number of fused-ring (bicyclic) bond motifs is 1. The molecule has 0 fully saturated rings. The Hall–Kier alpha value is -3.22. The van der Waals surface area contributed by atoms with Gasteiger partial charge in [-0.1, -0.05) is 24.6 Å². The molecule has 146 valence electrons. The summed E-state index contributed by atoms with van der Waals surface area (Å²) in [6, 6.07) is 11.7. The van der Waals surface area contributed by atoms with Crippen molar-refractivity contribution in [2.75, 3.05) is 11.9 Å². The van der Waals surface area contributed by atoms with Crippen LogP contribution in [0.25, 0.3) is 5.65 Å². The number of nitrogens with one attached hydrogen (secondary N) is 2. The number of para-hydroxylation sites is 1. The summed E-state index contributed by atoms with van der Waals surface area (Å²) in [6.45, 7) is 2.34. The minimum Gasteiger partial charge on any atom is -0.351 e. The van der Waals surface area contributed by atoms with Crippen molar-refractivity contribution < 1.29 is 14.0 Å². The number of carbonyl (C=O) groups excluding carboxylic acids is 2. The van der Waals surface area contributed by atoms with Crippen LogP contribution in [0, 0.1) is 12.7 Å². The molecular formula is C21H23FN4O2. The largest absolute Gasteiger partial charge is 0.351 e. The molecule has 7 heteroatoms. The van der Waals surface area contributed by atoms with Gasteiger partial charge in [0, 0.05) is 19.2 Å². The lowest BCUT2D eigenvalue weighted by atomic mass is 10.2. The molecule has 0 unspecified atom stereocenters. The van der Waals surface area contributed by atoms with Gasteiger partial charge in [-0.25, -0.2) is 9.37 Å². The molecule has 0 aliphatic heterocycles. The fraction of sp³-hybridized carbons (Fsp3) is 0.286. The lowest BCUT2D eigenvalue weighted by Crippen LogP contribution is -2.26. The second-order valence-electron chi connectivity index (χ2n) is 6.57. The molecule has 0 bridgehead atoms. The number of amides is 2. The molecular weight excluding hydrogens is 359 g/mol. The summed E-state index contributed by atoms with van der Waals surface area (Å²) in [5, 5.41) is 5.47. The molecule has 1 aromatic carbocycles. The summed E-state index contributed by atoms with van der Waals surface area (Å²) in [5.74, 6) is -0.815. The molecule has 0 spiro atoms. The Labute approximate surface area is 162 Å². The predicted octanol–water partition coefficient (Wildman–Crippen LogP) is 3.71. The van der Waals surface area contributed by atoms with E-state index in [0.717, 1.165) is 18.5 Å². The van der Waals surface area contributed by atoms with E-state index in [-0.39, 0.29) is 17.5 Å². The van der Waals surface area contributed by atoms with Crippen LogP contribution >= 0.6 is 0 Å². The highest BCUT2D eigenvalue weighted by Crippen LogP contribution is 2.14. The number of anilines is 1. The van der Waals surface area contributed by atoms with E-state index in [4.69, 9.17) is 0 Å². The molecule has 0 saturated heterocycles. The Kier molecular flexibility index (Phi) is 6.37. The lowest BCUT2D eigenvalue weighted by molar-refractivity contribution is -0.116. The maximum absolute atomic E-state index is 13.5. The van der Waals surface area contributed by atoms with Crippen LogP contribution in [0.3, 0.4) is 0 Å². The Morgan fingerprint density at radius 1 is 1.07 bits per heavy atom. The summed E-state index contributed by atoms with van der Waals surface area (Å²) in [7, 11) is 0. The summed E-state index contributed by atoms with van der Waals surface area (Å²) < 4.78 is 15.3. The maximum Gasteiger partial charge on any atom is 0.270 e. The number of aromatic nitrogens is 2. The van der Waals surface area contributed by atoms with E-state index in [1.807, 2.05) is 31.3 Å². The minimum atomic E-state index is -0.443. The molecule has 3 rings (SSSR count). The predicted molar refractivity (Wildman–Crippen MR) is 106 cm³/mol. The standard InChI is InChI=1S/C21H23FN4O2/c1-15-20(26-14-8-6-11-18(26)24-15)21(28)23-13-7-2-3-12-19(27)25-17-10-5-4-9-16(17)22/h4-6,8-11,14H,2-3,7,12-13H2,1H3,(H,23,28)(H,25,27). The van der Waals surface area contributed by atoms with Crippen molar-refractivity contribution in [3.63, 3.8) is 0 Å². The fourth-order valence-electron chi connectivity index (χ4n) is 3.04. The van der Waals surface area contributed by atoms with Gasteiger partial charge in [0.15, 0.2) is 0 Å². The number of unbranched alkanes of at least 4 members (excludes halogenated alkanes) is 2. The van der Waals surface area contributed by atoms with E-state index in [2.05, 4.69) is 15.6 Å². The van der Waals surface area contributed by atoms with Crippen molar-refractivity contribution in [3.05, 3.63) is 65.9 Å². The maximum atomic E-state index is 13.5. The molecule has 2 heterocycles. The number of aryl methyl sites for hydroxylation is 1. The first-order valence-electron chi connectivity index (χ1n) is 9.32. The zero-order chi connectivity index (χ0) is 19.9. The SMILES string of the molecule is Cc1nc2ccccn2c1C(=O)NCCCCCC(=O)Nc1ccccc1F. The van der Waals surface area contributed by atoms with Crippen LogP contribution in [0.15, 0.2) is 48.7 Å². The highest BCUT2D eigenvalue weighted by molar-refractivity contribution is 5.94. The van der Waals surface area contributed by atoms with E-state index in [9.17, 15) is 14.0 Å². The van der Waals surface area contributed by atoms with Gasteiger partial charge in [0.05, 0.1) is 11.4 Å². The summed E-state index contributed by atoms with van der Waals surface area (Å²) >= 11 is 0. The molecule has 2 amide bonds. The van der Waals surface area contributed by atoms with Gasteiger partial charge in [-0.2, -0.15) is 0 Å². The Morgan fingerprint density at radius 2 is 1.86 bits per heavy atom. The molecule has 0 aliphatic rings. The number of hydrogen-bond acceptors (Lipinski definition) is 3. The normalized spacial score (nSPS) is 10.8. The van der Waals surface area contributed by atoms with Crippen LogP contribution in [0.1, 0.15) is 41.9 Å². The quantitative estimate of drug-likeness (QED) is 0.583. The highest BCUT2D eigenvalue weighted by atomic mass is 19.1. The zero-order valence-electron chi connectivity index (χ0n) is 15.7. The molecule has 0 saturated carbocycles. The topological polar surface area (TPSA) is 75.5 Å². The third kappa shape index (κ3) is 4.73. The molecule has 2 aromatic heterocycles. The number of halogens is 1. The molecule has 0 radical (unpaired) electrons. The van der Waals surface area contributed by atoms with Gasteiger partial charge in [-0.05, 0) is 44.0 Å². The van der Waals surface area contributed by atoms with Crippen molar-refractivity contribution in [2.24, 2.45) is 0 Å². The summed E-state index contributed by atoms with van der Waals surface area (Å²) in [4.78, 5) is 28.7. The summed E-state index contributed by atoms with van der Waals surface area (Å²) in [5.41, 5.74) is 2.17. The smallest absolute Gasteiger partial charge is 0.270 e. The molecule has 0 aliphatic carbocycles. The second-order valence-corrected chi connectivity index (χ2v) is 6.57. The van der Waals surface area contributed by atoms with Gasteiger partial charge in [-0.15, -0.1) is 0 Å². The first-order chi connectivity index (χ1) is 13.6. The molecule has 3 aromatic rings. The van der Waals surface area contributed by atoms with Gasteiger partial charge >= 0.3 is 0 Å². The van der Waals surface area contributed by atoms with E-state index in [0.29, 0.717) is 30.8 Å². The first kappa shape index (κ1) is 19.5. The van der Waals surface area contributed by atoms with Crippen LogP contribution in [-0.2, 0) is 4.79 Å². The molecule has 2 N–H and O–H groups in total. The van der Waals surface area contributed by atoms with Crippen molar-refractivity contribution in [1.29, 1.82) is 0 Å². The number of benzene rings is 1. The van der Waals surface area contributed by atoms with E-state index < -0.39 is 5.82 Å². The third-order valence-corrected chi connectivity index (χ3v) is 4.43. The third-order valence-electron chi connectivity index (χ3n) is 4.43. The van der Waals surface area contributed by atoms with Crippen molar-refractivity contribution >= 4 is 23.1 Å². The van der Waals surface area contributed by atoms with Crippen LogP contribution in [0.2, 0.25) is 0 Å². The van der Waals surface area contributed by atoms with E-state index >= 15 is 0 Å². The van der Waals surface area contributed by atoms with Crippen LogP contribution in [0.4, 0.5) is 10.1 Å². The van der Waals surface area contributed by atoms with Gasteiger partial charge in [-0.3, -0.25) is 14.0 Å². The summed E-state index contributed by atoms with van der Waals surface area (Å²) in [6.07, 6.45) is 4.35. The highest BCUT2D eigenvalue weighted by Gasteiger charge is 2.15.